The minimum Gasteiger partial charge on any atom is -0.496 e. The Morgan fingerprint density at radius 1 is 1.00 bits per heavy atom. The standard InChI is InChI=1S/C30H23NO4/c1-19-8-11-26(21(16-19)18-31)30(22-10-13-27(33-2)25(17-22)29(32)34-3)15-14-24-23-7-5-4-6-20(23)9-12-28(24)35-30/h4-17H,1-3H3. The van der Waals surface area contributed by atoms with E-state index in [1.54, 1.807) is 12.1 Å². The average Bonchev–Trinajstić information content (AvgIpc) is 2.91. The number of nitriles is 1. The van der Waals surface area contributed by atoms with Crippen molar-refractivity contribution in [3.8, 4) is 17.6 Å². The van der Waals surface area contributed by atoms with Crippen molar-refractivity contribution in [2.24, 2.45) is 0 Å². The summed E-state index contributed by atoms with van der Waals surface area (Å²) in [5, 5.41) is 12.2. The summed E-state index contributed by atoms with van der Waals surface area (Å²) in [4.78, 5) is 12.6. The van der Waals surface area contributed by atoms with Gasteiger partial charge in [0.2, 0.25) is 0 Å². The maximum Gasteiger partial charge on any atom is 0.341 e. The fourth-order valence-electron chi connectivity index (χ4n) is 4.68. The highest BCUT2D eigenvalue weighted by atomic mass is 16.5. The summed E-state index contributed by atoms with van der Waals surface area (Å²) in [6, 6.07) is 25.4. The molecule has 0 spiro atoms. The van der Waals surface area contributed by atoms with E-state index in [1.165, 1.54) is 14.2 Å². The van der Waals surface area contributed by atoms with E-state index < -0.39 is 11.6 Å². The summed E-state index contributed by atoms with van der Waals surface area (Å²) in [5.74, 6) is 0.562. The molecule has 1 aliphatic heterocycles. The Bertz CT molecular complexity index is 1550. The molecule has 5 nitrogen and oxygen atoms in total. The maximum atomic E-state index is 12.6. The molecule has 0 radical (unpaired) electrons. The largest absolute Gasteiger partial charge is 0.496 e. The SMILES string of the molecule is COC(=O)c1cc(C2(c3ccc(C)cc3C#N)C=Cc3c(ccc4ccccc34)O2)ccc1OC. The maximum absolute atomic E-state index is 12.6. The number of carbonyl (C=O) groups excluding carboxylic acids is 1. The van der Waals surface area contributed by atoms with Gasteiger partial charge in [-0.05, 0) is 59.7 Å². The van der Waals surface area contributed by atoms with Gasteiger partial charge in [0.15, 0.2) is 5.60 Å². The number of benzene rings is 4. The van der Waals surface area contributed by atoms with Crippen LogP contribution in [0.25, 0.3) is 16.8 Å². The lowest BCUT2D eigenvalue weighted by atomic mass is 9.80. The van der Waals surface area contributed by atoms with Crippen LogP contribution < -0.4 is 9.47 Å². The van der Waals surface area contributed by atoms with Crippen LogP contribution in [-0.4, -0.2) is 20.2 Å². The Morgan fingerprint density at radius 2 is 1.83 bits per heavy atom. The Kier molecular flexibility index (Phi) is 5.50. The molecular formula is C30H23NO4. The Hall–Kier alpha value is -4.56. The Labute approximate surface area is 203 Å². The number of fused-ring (bicyclic) bond motifs is 3. The molecule has 35 heavy (non-hydrogen) atoms. The van der Waals surface area contributed by atoms with E-state index in [1.807, 2.05) is 67.6 Å². The molecule has 0 aromatic heterocycles. The van der Waals surface area contributed by atoms with Gasteiger partial charge in [-0.15, -0.1) is 0 Å². The molecule has 1 atom stereocenters. The fourth-order valence-corrected chi connectivity index (χ4v) is 4.68. The zero-order valence-corrected chi connectivity index (χ0v) is 19.7. The molecule has 5 rings (SSSR count). The van der Waals surface area contributed by atoms with E-state index in [2.05, 4.69) is 18.2 Å². The van der Waals surface area contributed by atoms with Gasteiger partial charge in [0.1, 0.15) is 17.1 Å². The molecule has 1 aliphatic rings. The number of hydrogen-bond donors (Lipinski definition) is 0. The molecule has 0 saturated heterocycles. The number of esters is 1. The van der Waals surface area contributed by atoms with Crippen molar-refractivity contribution in [2.45, 2.75) is 12.5 Å². The molecule has 5 heteroatoms. The van der Waals surface area contributed by atoms with Crippen molar-refractivity contribution in [2.75, 3.05) is 14.2 Å². The zero-order valence-electron chi connectivity index (χ0n) is 19.7. The molecule has 0 bridgehead atoms. The van der Waals surface area contributed by atoms with Crippen LogP contribution in [0.3, 0.4) is 0 Å². The third-order valence-corrected chi connectivity index (χ3v) is 6.42. The second kappa shape index (κ2) is 8.66. The number of carbonyl (C=O) groups is 1. The second-order valence-electron chi connectivity index (χ2n) is 8.44. The first-order valence-electron chi connectivity index (χ1n) is 11.2. The lowest BCUT2D eigenvalue weighted by Crippen LogP contribution is -2.35. The summed E-state index contributed by atoms with van der Waals surface area (Å²) in [6.45, 7) is 1.94. The predicted octanol–water partition coefficient (Wildman–Crippen LogP) is 6.16. The third kappa shape index (κ3) is 3.60. The molecule has 4 aromatic carbocycles. The van der Waals surface area contributed by atoms with Crippen LogP contribution in [0.15, 0.2) is 78.9 Å². The highest BCUT2D eigenvalue weighted by molar-refractivity contribution is 5.95. The molecule has 4 aromatic rings. The van der Waals surface area contributed by atoms with Crippen molar-refractivity contribution >= 4 is 22.8 Å². The predicted molar refractivity (Wildman–Crippen MR) is 135 cm³/mol. The monoisotopic (exact) mass is 461 g/mol. The quantitative estimate of drug-likeness (QED) is 0.340. The second-order valence-corrected chi connectivity index (χ2v) is 8.44. The van der Waals surface area contributed by atoms with Crippen LogP contribution in [0.1, 0.15) is 38.2 Å². The molecule has 0 saturated carbocycles. The molecule has 0 N–H and O–H groups in total. The number of rotatable bonds is 4. The highest BCUT2D eigenvalue weighted by Gasteiger charge is 2.40. The Morgan fingerprint density at radius 3 is 2.60 bits per heavy atom. The fraction of sp³-hybridized carbons (Fsp3) is 0.133. The van der Waals surface area contributed by atoms with Gasteiger partial charge in [-0.3, -0.25) is 0 Å². The van der Waals surface area contributed by atoms with Crippen molar-refractivity contribution < 1.29 is 19.0 Å². The third-order valence-electron chi connectivity index (χ3n) is 6.42. The molecule has 1 unspecified atom stereocenters. The lowest BCUT2D eigenvalue weighted by Gasteiger charge is -2.37. The number of methoxy groups -OCH3 is 2. The van der Waals surface area contributed by atoms with Crippen molar-refractivity contribution in [1.29, 1.82) is 5.26 Å². The summed E-state index contributed by atoms with van der Waals surface area (Å²) in [7, 11) is 2.83. The number of aryl methyl sites for hydroxylation is 1. The topological polar surface area (TPSA) is 68.6 Å². The minimum atomic E-state index is -1.15. The molecule has 1 heterocycles. The average molecular weight is 462 g/mol. The van der Waals surface area contributed by atoms with E-state index in [9.17, 15) is 10.1 Å². The van der Waals surface area contributed by atoms with Gasteiger partial charge in [-0.1, -0.05) is 48.5 Å². The highest BCUT2D eigenvalue weighted by Crippen LogP contribution is 2.46. The van der Waals surface area contributed by atoms with E-state index in [-0.39, 0.29) is 5.56 Å². The zero-order chi connectivity index (χ0) is 24.6. The van der Waals surface area contributed by atoms with Gasteiger partial charge in [0.25, 0.3) is 0 Å². The van der Waals surface area contributed by atoms with Crippen LogP contribution in [-0.2, 0) is 10.3 Å². The van der Waals surface area contributed by atoms with E-state index in [0.29, 0.717) is 28.2 Å². The van der Waals surface area contributed by atoms with Gasteiger partial charge in [0.05, 0.1) is 25.9 Å². The smallest absolute Gasteiger partial charge is 0.341 e. The molecular weight excluding hydrogens is 438 g/mol. The van der Waals surface area contributed by atoms with E-state index in [4.69, 9.17) is 14.2 Å². The molecule has 0 fully saturated rings. The molecule has 172 valence electrons. The van der Waals surface area contributed by atoms with Crippen molar-refractivity contribution in [1.82, 2.24) is 0 Å². The number of ether oxygens (including phenoxy) is 3. The minimum absolute atomic E-state index is 0.277. The summed E-state index contributed by atoms with van der Waals surface area (Å²) in [6.07, 6.45) is 3.99. The van der Waals surface area contributed by atoms with Crippen LogP contribution in [0.4, 0.5) is 0 Å². The number of hydrogen-bond acceptors (Lipinski definition) is 5. The van der Waals surface area contributed by atoms with Crippen molar-refractivity contribution in [3.05, 3.63) is 112 Å². The first-order valence-corrected chi connectivity index (χ1v) is 11.2. The van der Waals surface area contributed by atoms with Gasteiger partial charge in [-0.2, -0.15) is 5.26 Å². The summed E-state index contributed by atoms with van der Waals surface area (Å²) < 4.78 is 17.2. The van der Waals surface area contributed by atoms with Crippen molar-refractivity contribution in [3.63, 3.8) is 0 Å². The number of nitrogens with zero attached hydrogens (tertiary/aromatic N) is 1. The van der Waals surface area contributed by atoms with Gasteiger partial charge in [0, 0.05) is 16.7 Å². The lowest BCUT2D eigenvalue weighted by molar-refractivity contribution is 0.0596. The van der Waals surface area contributed by atoms with E-state index in [0.717, 1.165) is 21.9 Å². The summed E-state index contributed by atoms with van der Waals surface area (Å²) in [5.41, 5.74) is 2.91. The van der Waals surface area contributed by atoms with Gasteiger partial charge >= 0.3 is 5.97 Å². The van der Waals surface area contributed by atoms with Crippen LogP contribution in [0.5, 0.6) is 11.5 Å². The summed E-state index contributed by atoms with van der Waals surface area (Å²) >= 11 is 0. The Balaban J connectivity index is 1.79. The van der Waals surface area contributed by atoms with Crippen LogP contribution >= 0.6 is 0 Å². The molecule has 0 aliphatic carbocycles. The van der Waals surface area contributed by atoms with Crippen LogP contribution in [0.2, 0.25) is 0 Å². The van der Waals surface area contributed by atoms with Gasteiger partial charge < -0.3 is 14.2 Å². The van der Waals surface area contributed by atoms with Crippen LogP contribution in [0, 0.1) is 18.3 Å². The first-order chi connectivity index (χ1) is 17.0. The van der Waals surface area contributed by atoms with Gasteiger partial charge in [-0.25, -0.2) is 4.79 Å². The first kappa shape index (κ1) is 22.2. The molecule has 0 amide bonds. The normalized spacial score (nSPS) is 16.2. The van der Waals surface area contributed by atoms with E-state index >= 15 is 0 Å².